The number of fused-ring (bicyclic) bond motifs is 1. The second kappa shape index (κ2) is 7.38. The lowest BCUT2D eigenvalue weighted by Gasteiger charge is -2.26. The monoisotopic (exact) mass is 378 g/mol. The van der Waals surface area contributed by atoms with Crippen molar-refractivity contribution < 1.29 is 19.0 Å². The van der Waals surface area contributed by atoms with Crippen LogP contribution >= 0.6 is 0 Å². The molecule has 6 heteroatoms. The predicted molar refractivity (Wildman–Crippen MR) is 108 cm³/mol. The van der Waals surface area contributed by atoms with Crippen LogP contribution in [0.15, 0.2) is 52.7 Å². The molecule has 6 nitrogen and oxygen atoms in total. The molecule has 28 heavy (non-hydrogen) atoms. The number of rotatable bonds is 4. The lowest BCUT2D eigenvalue weighted by molar-refractivity contribution is -0.115. The number of methoxy groups -OCH3 is 3. The van der Waals surface area contributed by atoms with Gasteiger partial charge in [0.15, 0.2) is 17.3 Å². The lowest BCUT2D eigenvalue weighted by atomic mass is 9.82. The van der Waals surface area contributed by atoms with Crippen LogP contribution in [0.5, 0.6) is 17.2 Å². The van der Waals surface area contributed by atoms with Crippen molar-refractivity contribution in [1.29, 1.82) is 0 Å². The SMILES string of the molecule is COc1cc([C@@H]2CC(=O)C3=C(C2)Nc2ccccc2N=C3)cc(OC)c1OC. The van der Waals surface area contributed by atoms with E-state index in [4.69, 9.17) is 14.2 Å². The Morgan fingerprint density at radius 3 is 2.39 bits per heavy atom. The molecule has 144 valence electrons. The average molecular weight is 378 g/mol. The molecule has 0 bridgehead atoms. The van der Waals surface area contributed by atoms with Crippen LogP contribution in [0.25, 0.3) is 0 Å². The number of allylic oxidation sites excluding steroid dienone is 2. The molecule has 1 heterocycles. The molecule has 1 N–H and O–H groups in total. The van der Waals surface area contributed by atoms with E-state index in [-0.39, 0.29) is 11.7 Å². The zero-order valence-electron chi connectivity index (χ0n) is 16.1. The van der Waals surface area contributed by atoms with Gasteiger partial charge < -0.3 is 19.5 Å². The lowest BCUT2D eigenvalue weighted by Crippen LogP contribution is -2.22. The Kier molecular flexibility index (Phi) is 4.77. The van der Waals surface area contributed by atoms with E-state index in [0.717, 1.165) is 22.6 Å². The topological polar surface area (TPSA) is 69.2 Å². The molecular weight excluding hydrogens is 356 g/mol. The summed E-state index contributed by atoms with van der Waals surface area (Å²) in [5, 5.41) is 3.42. The number of hydrogen-bond donors (Lipinski definition) is 1. The number of anilines is 1. The third-order valence-corrected chi connectivity index (χ3v) is 5.19. The first-order valence-electron chi connectivity index (χ1n) is 9.11. The van der Waals surface area contributed by atoms with Crippen LogP contribution in [0.3, 0.4) is 0 Å². The van der Waals surface area contributed by atoms with Gasteiger partial charge in [0, 0.05) is 18.3 Å². The number of carbonyl (C=O) groups is 1. The maximum Gasteiger partial charge on any atom is 0.203 e. The molecule has 2 aromatic carbocycles. The maximum absolute atomic E-state index is 12.9. The minimum absolute atomic E-state index is 0.00567. The van der Waals surface area contributed by atoms with Crippen molar-refractivity contribution in [2.24, 2.45) is 4.99 Å². The summed E-state index contributed by atoms with van der Waals surface area (Å²) in [7, 11) is 4.76. The van der Waals surface area contributed by atoms with Crippen LogP contribution in [0.4, 0.5) is 11.4 Å². The molecule has 0 radical (unpaired) electrons. The van der Waals surface area contributed by atoms with Gasteiger partial charge in [0.25, 0.3) is 0 Å². The van der Waals surface area contributed by atoms with Gasteiger partial charge >= 0.3 is 0 Å². The molecule has 1 aliphatic carbocycles. The Morgan fingerprint density at radius 2 is 1.71 bits per heavy atom. The number of Topliss-reactive ketones (excluding diaryl/α,β-unsaturated/α-hetero) is 1. The van der Waals surface area contributed by atoms with Crippen LogP contribution < -0.4 is 19.5 Å². The number of ether oxygens (including phenoxy) is 3. The second-order valence-corrected chi connectivity index (χ2v) is 6.78. The molecule has 0 fully saturated rings. The number of benzene rings is 2. The van der Waals surface area contributed by atoms with Crippen molar-refractivity contribution in [3.8, 4) is 17.2 Å². The number of ketones is 1. The fourth-order valence-corrected chi connectivity index (χ4v) is 3.76. The van der Waals surface area contributed by atoms with Gasteiger partial charge in [-0.05, 0) is 42.2 Å². The second-order valence-electron chi connectivity index (χ2n) is 6.78. The highest BCUT2D eigenvalue weighted by molar-refractivity contribution is 6.16. The molecular formula is C22H22N2O4. The molecule has 4 rings (SSSR count). The molecule has 2 aliphatic rings. The Balaban J connectivity index is 1.71. The predicted octanol–water partition coefficient (Wildman–Crippen LogP) is 4.24. The van der Waals surface area contributed by atoms with Gasteiger partial charge in [0.1, 0.15) is 0 Å². The third-order valence-electron chi connectivity index (χ3n) is 5.19. The highest BCUT2D eigenvalue weighted by Crippen LogP contribution is 2.44. The summed E-state index contributed by atoms with van der Waals surface area (Å²) in [5.74, 6) is 1.80. The Labute approximate surface area is 163 Å². The van der Waals surface area contributed by atoms with Crippen molar-refractivity contribution in [2.45, 2.75) is 18.8 Å². The Hall–Kier alpha value is -3.28. The number of nitrogens with zero attached hydrogens (tertiary/aromatic N) is 1. The highest BCUT2D eigenvalue weighted by atomic mass is 16.5. The summed E-state index contributed by atoms with van der Waals surface area (Å²) < 4.78 is 16.4. The first-order chi connectivity index (χ1) is 13.6. The first kappa shape index (κ1) is 18.1. The van der Waals surface area contributed by atoms with E-state index in [1.165, 1.54) is 0 Å². The zero-order chi connectivity index (χ0) is 19.7. The van der Waals surface area contributed by atoms with Crippen molar-refractivity contribution >= 4 is 23.4 Å². The summed E-state index contributed by atoms with van der Waals surface area (Å²) in [6.45, 7) is 0. The number of aliphatic imine (C=N–C) groups is 1. The summed E-state index contributed by atoms with van der Waals surface area (Å²) in [6, 6.07) is 11.6. The van der Waals surface area contributed by atoms with Gasteiger partial charge in [-0.1, -0.05) is 12.1 Å². The fraction of sp³-hybridized carbons (Fsp3) is 0.273. The van der Waals surface area contributed by atoms with Crippen LogP contribution in [-0.2, 0) is 4.79 Å². The van der Waals surface area contributed by atoms with E-state index in [1.807, 2.05) is 36.4 Å². The molecule has 0 aromatic heterocycles. The largest absolute Gasteiger partial charge is 0.493 e. The number of carbonyl (C=O) groups excluding carboxylic acids is 1. The molecule has 2 aromatic rings. The smallest absolute Gasteiger partial charge is 0.203 e. The quantitative estimate of drug-likeness (QED) is 0.862. The Morgan fingerprint density at radius 1 is 1.00 bits per heavy atom. The number of hydrogen-bond acceptors (Lipinski definition) is 6. The summed E-state index contributed by atoms with van der Waals surface area (Å²) in [4.78, 5) is 17.3. The molecule has 1 aliphatic heterocycles. The van der Waals surface area contributed by atoms with Crippen molar-refractivity contribution in [2.75, 3.05) is 26.6 Å². The van der Waals surface area contributed by atoms with Crippen molar-refractivity contribution in [1.82, 2.24) is 0 Å². The Bertz CT molecular complexity index is 969. The highest BCUT2D eigenvalue weighted by Gasteiger charge is 2.30. The van der Waals surface area contributed by atoms with Gasteiger partial charge in [-0.3, -0.25) is 9.79 Å². The number of para-hydroxylation sites is 2. The van der Waals surface area contributed by atoms with Gasteiger partial charge in [0.05, 0.1) is 38.3 Å². The van der Waals surface area contributed by atoms with Crippen LogP contribution in [0.2, 0.25) is 0 Å². The van der Waals surface area contributed by atoms with Crippen LogP contribution in [0, 0.1) is 0 Å². The summed E-state index contributed by atoms with van der Waals surface area (Å²) in [6.07, 6.45) is 2.78. The van der Waals surface area contributed by atoms with E-state index in [1.54, 1.807) is 27.5 Å². The number of nitrogens with one attached hydrogen (secondary N) is 1. The molecule has 0 spiro atoms. The van der Waals surface area contributed by atoms with E-state index in [0.29, 0.717) is 35.7 Å². The fourth-order valence-electron chi connectivity index (χ4n) is 3.76. The molecule has 0 amide bonds. The summed E-state index contributed by atoms with van der Waals surface area (Å²) in [5.41, 5.74) is 4.25. The standard InChI is InChI=1S/C22H22N2O4/c1-26-20-10-14(11-21(27-2)22(20)28-3)13-8-18-15(19(25)9-13)12-23-16-6-4-5-7-17(16)24-18/h4-7,10-13,24H,8-9H2,1-3H3/t13-/m0/s1. The summed E-state index contributed by atoms with van der Waals surface area (Å²) >= 11 is 0. The van der Waals surface area contributed by atoms with E-state index in [2.05, 4.69) is 10.3 Å². The van der Waals surface area contributed by atoms with Gasteiger partial charge in [0.2, 0.25) is 5.75 Å². The van der Waals surface area contributed by atoms with E-state index in [9.17, 15) is 4.79 Å². The van der Waals surface area contributed by atoms with Gasteiger partial charge in [-0.15, -0.1) is 0 Å². The van der Waals surface area contributed by atoms with Crippen molar-refractivity contribution in [3.05, 3.63) is 53.2 Å². The van der Waals surface area contributed by atoms with E-state index >= 15 is 0 Å². The normalized spacial score (nSPS) is 18.0. The maximum atomic E-state index is 12.9. The van der Waals surface area contributed by atoms with Crippen LogP contribution in [0.1, 0.15) is 24.3 Å². The first-order valence-corrected chi connectivity index (χ1v) is 9.11. The third kappa shape index (κ3) is 3.11. The zero-order valence-corrected chi connectivity index (χ0v) is 16.1. The minimum atomic E-state index is 0.00567. The molecule has 0 unspecified atom stereocenters. The molecule has 0 saturated carbocycles. The van der Waals surface area contributed by atoms with Gasteiger partial charge in [-0.25, -0.2) is 0 Å². The van der Waals surface area contributed by atoms with Gasteiger partial charge in [-0.2, -0.15) is 0 Å². The average Bonchev–Trinajstić information content (AvgIpc) is 2.92. The minimum Gasteiger partial charge on any atom is -0.493 e. The molecule has 1 atom stereocenters. The van der Waals surface area contributed by atoms with Crippen LogP contribution in [-0.4, -0.2) is 33.3 Å². The molecule has 0 saturated heterocycles. The van der Waals surface area contributed by atoms with E-state index < -0.39 is 0 Å². The van der Waals surface area contributed by atoms with Crippen molar-refractivity contribution in [3.63, 3.8) is 0 Å².